The highest BCUT2D eigenvalue weighted by Gasteiger charge is 2.32. The molecule has 0 spiro atoms. The van der Waals surface area contributed by atoms with Gasteiger partial charge in [0.2, 0.25) is 0 Å². The molecule has 0 N–H and O–H groups in total. The first-order valence-electron chi connectivity index (χ1n) is 5.27. The maximum Gasteiger partial charge on any atom is 0.416 e. The zero-order valence-electron chi connectivity index (χ0n) is 9.64. The quantitative estimate of drug-likeness (QED) is 0.568. The fourth-order valence-corrected chi connectivity index (χ4v) is 2.27. The van der Waals surface area contributed by atoms with E-state index in [9.17, 15) is 13.2 Å². The molecule has 0 aromatic heterocycles. The fraction of sp³-hybridized carbons (Fsp3) is 0.0769. The van der Waals surface area contributed by atoms with Crippen LogP contribution in [-0.2, 0) is 6.18 Å². The molecule has 0 atom stereocenters. The van der Waals surface area contributed by atoms with Crippen molar-refractivity contribution in [2.75, 3.05) is 0 Å². The van der Waals surface area contributed by atoms with Crippen molar-refractivity contribution in [2.45, 2.75) is 6.18 Å². The van der Waals surface area contributed by atoms with Crippen molar-refractivity contribution in [3.8, 4) is 11.5 Å². The lowest BCUT2D eigenvalue weighted by molar-refractivity contribution is -0.137. The molecule has 2 aromatic carbocycles. The Hall–Kier alpha value is -0.910. The highest BCUT2D eigenvalue weighted by Crippen LogP contribution is 2.41. The van der Waals surface area contributed by atoms with Crippen molar-refractivity contribution in [3.05, 3.63) is 56.5 Å². The summed E-state index contributed by atoms with van der Waals surface area (Å²) in [5.74, 6) is 0.403. The monoisotopic (exact) mass is 384 g/mol. The van der Waals surface area contributed by atoms with Gasteiger partial charge in [-0.1, -0.05) is 39.1 Å². The van der Waals surface area contributed by atoms with E-state index in [0.717, 1.165) is 16.6 Å². The molecule has 0 fully saturated rings. The summed E-state index contributed by atoms with van der Waals surface area (Å²) in [5.41, 5.74) is -0.921. The SMILES string of the molecule is FC(F)(F)c1cc(Cl)c(Oc2ccc(Br)cc2)c(Cl)c1. The molecule has 0 saturated carbocycles. The van der Waals surface area contributed by atoms with Crippen LogP contribution in [0.3, 0.4) is 0 Å². The lowest BCUT2D eigenvalue weighted by Crippen LogP contribution is -2.05. The van der Waals surface area contributed by atoms with E-state index >= 15 is 0 Å². The summed E-state index contributed by atoms with van der Waals surface area (Å²) >= 11 is 14.9. The van der Waals surface area contributed by atoms with Gasteiger partial charge in [0.15, 0.2) is 5.75 Å². The van der Waals surface area contributed by atoms with Gasteiger partial charge >= 0.3 is 6.18 Å². The molecule has 0 aliphatic heterocycles. The Morgan fingerprint density at radius 1 is 0.950 bits per heavy atom. The second kappa shape index (κ2) is 5.84. The molecule has 7 heteroatoms. The van der Waals surface area contributed by atoms with Gasteiger partial charge < -0.3 is 4.74 Å². The Morgan fingerprint density at radius 3 is 1.90 bits per heavy atom. The predicted octanol–water partition coefficient (Wildman–Crippen LogP) is 6.57. The van der Waals surface area contributed by atoms with Gasteiger partial charge in [-0.15, -0.1) is 0 Å². The molecule has 1 nitrogen and oxygen atoms in total. The van der Waals surface area contributed by atoms with Crippen LogP contribution in [0.2, 0.25) is 10.0 Å². The standard InChI is InChI=1S/C13H6BrCl2F3O/c14-8-1-3-9(4-2-8)20-12-10(15)5-7(6-11(12)16)13(17,18)19/h1-6H. The topological polar surface area (TPSA) is 9.23 Å². The summed E-state index contributed by atoms with van der Waals surface area (Å²) in [4.78, 5) is 0. The van der Waals surface area contributed by atoms with Crippen molar-refractivity contribution < 1.29 is 17.9 Å². The van der Waals surface area contributed by atoms with Crippen molar-refractivity contribution in [1.29, 1.82) is 0 Å². The molecule has 0 aliphatic rings. The first-order valence-corrected chi connectivity index (χ1v) is 6.82. The maximum atomic E-state index is 12.6. The summed E-state index contributed by atoms with van der Waals surface area (Å²) < 4.78 is 44.0. The number of alkyl halides is 3. The van der Waals surface area contributed by atoms with Crippen LogP contribution in [0, 0.1) is 0 Å². The highest BCUT2D eigenvalue weighted by atomic mass is 79.9. The van der Waals surface area contributed by atoms with Gasteiger partial charge in [-0.05, 0) is 36.4 Å². The summed E-state index contributed by atoms with van der Waals surface area (Å²) in [6.07, 6.45) is -4.51. The minimum absolute atomic E-state index is 0.0105. The average Bonchev–Trinajstić information content (AvgIpc) is 2.34. The van der Waals surface area contributed by atoms with E-state index in [0.29, 0.717) is 5.75 Å². The third-order valence-electron chi connectivity index (χ3n) is 2.36. The molecule has 0 radical (unpaired) electrons. The molecule has 2 aromatic rings. The molecule has 2 rings (SSSR count). The molecule has 0 aliphatic carbocycles. The van der Waals surface area contributed by atoms with Gasteiger partial charge in [0.1, 0.15) is 5.75 Å². The van der Waals surface area contributed by atoms with Gasteiger partial charge in [0, 0.05) is 4.47 Å². The van der Waals surface area contributed by atoms with Crippen LogP contribution in [0.1, 0.15) is 5.56 Å². The van der Waals surface area contributed by atoms with Gasteiger partial charge in [-0.25, -0.2) is 0 Å². The molecular weight excluding hydrogens is 380 g/mol. The molecule has 0 heterocycles. The zero-order chi connectivity index (χ0) is 14.9. The Balaban J connectivity index is 2.36. The lowest BCUT2D eigenvalue weighted by atomic mass is 10.2. The summed E-state index contributed by atoms with van der Waals surface area (Å²) in [6.45, 7) is 0. The number of halogens is 6. The van der Waals surface area contributed by atoms with Crippen LogP contribution in [0.5, 0.6) is 11.5 Å². The van der Waals surface area contributed by atoms with E-state index < -0.39 is 11.7 Å². The number of benzene rings is 2. The minimum Gasteiger partial charge on any atom is -0.454 e. The Morgan fingerprint density at radius 2 is 1.45 bits per heavy atom. The van der Waals surface area contributed by atoms with E-state index in [-0.39, 0.29) is 15.8 Å². The Bertz CT molecular complexity index is 603. The van der Waals surface area contributed by atoms with Crippen LogP contribution < -0.4 is 4.74 Å². The molecule has 106 valence electrons. The fourth-order valence-electron chi connectivity index (χ4n) is 1.44. The van der Waals surface area contributed by atoms with Crippen LogP contribution in [-0.4, -0.2) is 0 Å². The van der Waals surface area contributed by atoms with Crippen LogP contribution in [0.25, 0.3) is 0 Å². The summed E-state index contributed by atoms with van der Waals surface area (Å²) in [6, 6.07) is 8.27. The average molecular weight is 386 g/mol. The smallest absolute Gasteiger partial charge is 0.416 e. The van der Waals surface area contributed by atoms with Crippen LogP contribution >= 0.6 is 39.1 Å². The van der Waals surface area contributed by atoms with E-state index in [2.05, 4.69) is 15.9 Å². The van der Waals surface area contributed by atoms with Crippen LogP contribution in [0.4, 0.5) is 13.2 Å². The normalized spacial score (nSPS) is 11.5. The largest absolute Gasteiger partial charge is 0.454 e. The van der Waals surface area contributed by atoms with Gasteiger partial charge in [-0.3, -0.25) is 0 Å². The number of hydrogen-bond acceptors (Lipinski definition) is 1. The van der Waals surface area contributed by atoms with Crippen molar-refractivity contribution in [3.63, 3.8) is 0 Å². The summed E-state index contributed by atoms with van der Waals surface area (Å²) in [7, 11) is 0. The van der Waals surface area contributed by atoms with Gasteiger partial charge in [-0.2, -0.15) is 13.2 Å². The van der Waals surface area contributed by atoms with E-state index in [1.54, 1.807) is 24.3 Å². The number of ether oxygens (including phenoxy) is 1. The van der Waals surface area contributed by atoms with E-state index in [1.807, 2.05) is 0 Å². The Kier molecular flexibility index (Phi) is 4.52. The van der Waals surface area contributed by atoms with Gasteiger partial charge in [0.25, 0.3) is 0 Å². The molecule has 20 heavy (non-hydrogen) atoms. The van der Waals surface area contributed by atoms with Crippen molar-refractivity contribution in [1.82, 2.24) is 0 Å². The minimum atomic E-state index is -4.51. The molecule has 0 amide bonds. The number of hydrogen-bond donors (Lipinski definition) is 0. The molecule has 0 bridgehead atoms. The molecular formula is C13H6BrCl2F3O. The first-order chi connectivity index (χ1) is 9.27. The summed E-state index contributed by atoms with van der Waals surface area (Å²) in [5, 5.41) is -0.402. The van der Waals surface area contributed by atoms with Crippen molar-refractivity contribution >= 4 is 39.1 Å². The second-order valence-electron chi connectivity index (χ2n) is 3.82. The van der Waals surface area contributed by atoms with Gasteiger partial charge in [0.05, 0.1) is 15.6 Å². The number of rotatable bonds is 2. The molecule has 0 saturated heterocycles. The van der Waals surface area contributed by atoms with E-state index in [4.69, 9.17) is 27.9 Å². The molecule has 0 unspecified atom stereocenters. The Labute approximate surface area is 131 Å². The van der Waals surface area contributed by atoms with E-state index in [1.165, 1.54) is 0 Å². The lowest BCUT2D eigenvalue weighted by Gasteiger charge is -2.13. The highest BCUT2D eigenvalue weighted by molar-refractivity contribution is 9.10. The third kappa shape index (κ3) is 3.59. The maximum absolute atomic E-state index is 12.6. The third-order valence-corrected chi connectivity index (χ3v) is 3.45. The predicted molar refractivity (Wildman–Crippen MR) is 75.7 cm³/mol. The second-order valence-corrected chi connectivity index (χ2v) is 5.55. The zero-order valence-corrected chi connectivity index (χ0v) is 12.7. The first kappa shape index (κ1) is 15.5. The van der Waals surface area contributed by atoms with Crippen molar-refractivity contribution in [2.24, 2.45) is 0 Å². The van der Waals surface area contributed by atoms with Crippen LogP contribution in [0.15, 0.2) is 40.9 Å².